The highest BCUT2D eigenvalue weighted by Gasteiger charge is 2.19. The van der Waals surface area contributed by atoms with Crippen molar-refractivity contribution in [2.75, 3.05) is 13.2 Å². The molecule has 0 rings (SSSR count). The first kappa shape index (κ1) is 57.6. The van der Waals surface area contributed by atoms with Gasteiger partial charge in [0.25, 0.3) is 0 Å². The zero-order valence-corrected chi connectivity index (χ0v) is 40.0. The van der Waals surface area contributed by atoms with Crippen LogP contribution in [-0.2, 0) is 28.6 Å². The lowest BCUT2D eigenvalue weighted by atomic mass is 10.0. The summed E-state index contributed by atoms with van der Waals surface area (Å²) in [6, 6.07) is 0. The summed E-state index contributed by atoms with van der Waals surface area (Å²) >= 11 is 0. The quantitative estimate of drug-likeness (QED) is 0.0263. The molecule has 0 N–H and O–H groups in total. The summed E-state index contributed by atoms with van der Waals surface area (Å²) in [6.45, 7) is 6.56. The second-order valence-corrected chi connectivity index (χ2v) is 17.4. The van der Waals surface area contributed by atoms with E-state index in [1.54, 1.807) is 0 Å². The van der Waals surface area contributed by atoms with Gasteiger partial charge in [0, 0.05) is 19.3 Å². The Bertz CT molecular complexity index is 1020. The van der Waals surface area contributed by atoms with E-state index in [1.165, 1.54) is 135 Å². The maximum absolute atomic E-state index is 12.8. The van der Waals surface area contributed by atoms with Gasteiger partial charge < -0.3 is 14.2 Å². The van der Waals surface area contributed by atoms with Crippen LogP contribution in [-0.4, -0.2) is 37.2 Å². The van der Waals surface area contributed by atoms with Crippen molar-refractivity contribution in [1.82, 2.24) is 0 Å². The normalized spacial score (nSPS) is 12.2. The number of esters is 3. The van der Waals surface area contributed by atoms with Gasteiger partial charge in [0.1, 0.15) is 13.2 Å². The lowest BCUT2D eigenvalue weighted by Gasteiger charge is -2.18. The molecule has 0 radical (unpaired) electrons. The Labute approximate surface area is 372 Å². The molecule has 0 bridgehead atoms. The molecule has 0 aromatic carbocycles. The average Bonchev–Trinajstić information content (AvgIpc) is 3.24. The van der Waals surface area contributed by atoms with Crippen LogP contribution in [0.5, 0.6) is 0 Å². The fraction of sp³-hybridized carbons (Fsp3) is 0.833. The van der Waals surface area contributed by atoms with Crippen molar-refractivity contribution in [2.24, 2.45) is 0 Å². The summed E-state index contributed by atoms with van der Waals surface area (Å²) in [6.07, 6.45) is 56.9. The van der Waals surface area contributed by atoms with E-state index in [0.717, 1.165) is 96.3 Å². The summed E-state index contributed by atoms with van der Waals surface area (Å²) in [5.74, 6) is -0.891. The van der Waals surface area contributed by atoms with Gasteiger partial charge in [-0.15, -0.1) is 0 Å². The molecule has 60 heavy (non-hydrogen) atoms. The predicted octanol–water partition coefficient (Wildman–Crippen LogP) is 16.9. The molecule has 0 aromatic rings. The van der Waals surface area contributed by atoms with Crippen molar-refractivity contribution in [1.29, 1.82) is 0 Å². The van der Waals surface area contributed by atoms with Crippen molar-refractivity contribution in [3.63, 3.8) is 0 Å². The molecule has 0 fully saturated rings. The van der Waals surface area contributed by atoms with Crippen LogP contribution in [0.4, 0.5) is 0 Å². The Morgan fingerprint density at radius 2 is 0.633 bits per heavy atom. The van der Waals surface area contributed by atoms with Crippen molar-refractivity contribution in [3.8, 4) is 0 Å². The molecule has 0 aliphatic carbocycles. The summed E-state index contributed by atoms with van der Waals surface area (Å²) in [5, 5.41) is 0. The molecule has 0 amide bonds. The van der Waals surface area contributed by atoms with E-state index in [-0.39, 0.29) is 31.1 Å². The molecule has 350 valence electrons. The maximum Gasteiger partial charge on any atom is 0.306 e. The lowest BCUT2D eigenvalue weighted by molar-refractivity contribution is -0.167. The number of ether oxygens (including phenoxy) is 3. The molecule has 6 nitrogen and oxygen atoms in total. The molecule has 6 heteroatoms. The summed E-state index contributed by atoms with van der Waals surface area (Å²) in [7, 11) is 0. The number of rotatable bonds is 47. The Hall–Kier alpha value is -2.37. The van der Waals surface area contributed by atoms with Crippen molar-refractivity contribution < 1.29 is 28.6 Å². The molecular weight excluding hydrogens is 745 g/mol. The van der Waals surface area contributed by atoms with Crippen LogP contribution in [0.2, 0.25) is 0 Å². The van der Waals surface area contributed by atoms with E-state index in [9.17, 15) is 14.4 Å². The summed E-state index contributed by atoms with van der Waals surface area (Å²) < 4.78 is 16.8. The van der Waals surface area contributed by atoms with Gasteiger partial charge in [0.05, 0.1) is 0 Å². The van der Waals surface area contributed by atoms with Crippen LogP contribution in [0, 0.1) is 0 Å². The third-order valence-electron chi connectivity index (χ3n) is 11.3. The summed E-state index contributed by atoms with van der Waals surface area (Å²) in [4.78, 5) is 37.9. The van der Waals surface area contributed by atoms with Crippen LogP contribution in [0.3, 0.4) is 0 Å². The van der Waals surface area contributed by atoms with Gasteiger partial charge in [-0.05, 0) is 70.6 Å². The molecule has 0 aromatic heterocycles. The SMILES string of the molecule is CCC/C=C\C/C=C\CCCCCCCC(=O)OC(COC(=O)CCCCCCC/C=C\CCCCCC)COC(=O)CCCCCCCCCCCCCCCCCC. The molecule has 0 spiro atoms. The highest BCUT2D eigenvalue weighted by molar-refractivity contribution is 5.71. The highest BCUT2D eigenvalue weighted by atomic mass is 16.6. The first-order chi connectivity index (χ1) is 29.5. The third-order valence-corrected chi connectivity index (χ3v) is 11.3. The minimum absolute atomic E-state index is 0.0776. The van der Waals surface area contributed by atoms with E-state index < -0.39 is 6.10 Å². The second kappa shape index (κ2) is 49.3. The van der Waals surface area contributed by atoms with E-state index in [0.29, 0.717) is 19.3 Å². The van der Waals surface area contributed by atoms with Crippen LogP contribution in [0.1, 0.15) is 271 Å². The molecule has 0 saturated carbocycles. The van der Waals surface area contributed by atoms with Gasteiger partial charge >= 0.3 is 17.9 Å². The molecule has 1 unspecified atom stereocenters. The van der Waals surface area contributed by atoms with E-state index in [4.69, 9.17) is 14.2 Å². The van der Waals surface area contributed by atoms with Gasteiger partial charge in [0.15, 0.2) is 6.10 Å². The van der Waals surface area contributed by atoms with E-state index in [2.05, 4.69) is 57.2 Å². The highest BCUT2D eigenvalue weighted by Crippen LogP contribution is 2.16. The second-order valence-electron chi connectivity index (χ2n) is 17.4. The van der Waals surface area contributed by atoms with Gasteiger partial charge in [-0.25, -0.2) is 0 Å². The molecule has 1 atom stereocenters. The molecule has 0 saturated heterocycles. The minimum atomic E-state index is -0.778. The average molecular weight is 843 g/mol. The van der Waals surface area contributed by atoms with Crippen molar-refractivity contribution in [2.45, 2.75) is 277 Å². The Morgan fingerprint density at radius 3 is 1.02 bits per heavy atom. The smallest absolute Gasteiger partial charge is 0.306 e. The zero-order valence-electron chi connectivity index (χ0n) is 40.0. The zero-order chi connectivity index (χ0) is 43.7. The minimum Gasteiger partial charge on any atom is -0.462 e. The van der Waals surface area contributed by atoms with E-state index >= 15 is 0 Å². The van der Waals surface area contributed by atoms with Crippen LogP contribution in [0.25, 0.3) is 0 Å². The summed E-state index contributed by atoms with van der Waals surface area (Å²) in [5.41, 5.74) is 0. The fourth-order valence-corrected chi connectivity index (χ4v) is 7.42. The fourth-order valence-electron chi connectivity index (χ4n) is 7.42. The van der Waals surface area contributed by atoms with Crippen LogP contribution in [0.15, 0.2) is 36.5 Å². The Morgan fingerprint density at radius 1 is 0.333 bits per heavy atom. The lowest BCUT2D eigenvalue weighted by Crippen LogP contribution is -2.30. The van der Waals surface area contributed by atoms with Gasteiger partial charge in [-0.3, -0.25) is 14.4 Å². The first-order valence-corrected chi connectivity index (χ1v) is 26.0. The molecule has 0 aliphatic rings. The standard InChI is InChI=1S/C54H98O6/c1-4-7-10-13-16-19-22-25-26-27-30-32-35-38-41-44-47-53(56)59-50-51(60-54(57)48-45-42-39-36-33-29-24-21-18-15-12-9-6-3)49-58-52(55)46-43-40-37-34-31-28-23-20-17-14-11-8-5-2/h12,15,20-21,23-24,51H,4-11,13-14,16-19,22,25-50H2,1-3H3/b15-12-,23-20-,24-21-. The van der Waals surface area contributed by atoms with Gasteiger partial charge in [-0.2, -0.15) is 0 Å². The van der Waals surface area contributed by atoms with Gasteiger partial charge in [0.2, 0.25) is 0 Å². The van der Waals surface area contributed by atoms with Crippen LogP contribution >= 0.6 is 0 Å². The number of allylic oxidation sites excluding steroid dienone is 6. The third kappa shape index (κ3) is 46.7. The maximum atomic E-state index is 12.8. The topological polar surface area (TPSA) is 78.9 Å². The monoisotopic (exact) mass is 843 g/mol. The van der Waals surface area contributed by atoms with Crippen molar-refractivity contribution >= 4 is 17.9 Å². The molecular formula is C54H98O6. The van der Waals surface area contributed by atoms with Crippen LogP contribution < -0.4 is 0 Å². The number of hydrogen-bond donors (Lipinski definition) is 0. The number of unbranched alkanes of at least 4 members (excludes halogenated alkanes) is 30. The number of carbonyl (C=O) groups is 3. The first-order valence-electron chi connectivity index (χ1n) is 26.0. The van der Waals surface area contributed by atoms with E-state index in [1.807, 2.05) is 0 Å². The molecule has 0 aliphatic heterocycles. The molecule has 0 heterocycles. The number of hydrogen-bond acceptors (Lipinski definition) is 6. The Balaban J connectivity index is 4.36. The Kier molecular flexibility index (Phi) is 47.3. The predicted molar refractivity (Wildman–Crippen MR) is 256 cm³/mol. The largest absolute Gasteiger partial charge is 0.462 e. The van der Waals surface area contributed by atoms with Crippen molar-refractivity contribution in [3.05, 3.63) is 36.5 Å². The van der Waals surface area contributed by atoms with Gasteiger partial charge in [-0.1, -0.05) is 218 Å². The number of carbonyl (C=O) groups excluding carboxylic acids is 3.